The van der Waals surface area contributed by atoms with Crippen molar-refractivity contribution in [3.8, 4) is 0 Å². The summed E-state index contributed by atoms with van der Waals surface area (Å²) in [4.78, 5) is 4.17. The van der Waals surface area contributed by atoms with Gasteiger partial charge in [-0.2, -0.15) is 0 Å². The second-order valence-corrected chi connectivity index (χ2v) is 5.51. The molecule has 0 aliphatic heterocycles. The fraction of sp³-hybridized carbons (Fsp3) is 0.0833. The molecule has 18 heavy (non-hydrogen) atoms. The van der Waals surface area contributed by atoms with E-state index in [1.165, 1.54) is 6.07 Å². The van der Waals surface area contributed by atoms with Gasteiger partial charge in [0.15, 0.2) is 0 Å². The number of hydrogen-bond donors (Lipinski definition) is 2. The van der Waals surface area contributed by atoms with E-state index in [9.17, 15) is 4.39 Å². The lowest BCUT2D eigenvalue weighted by Gasteiger charge is -2.11. The van der Waals surface area contributed by atoms with Gasteiger partial charge in [-0.05, 0) is 62.5 Å². The molecule has 0 unspecified atom stereocenters. The molecule has 3 N–H and O–H groups in total. The zero-order valence-electron chi connectivity index (χ0n) is 9.47. The van der Waals surface area contributed by atoms with Crippen molar-refractivity contribution in [3.63, 3.8) is 0 Å². The normalized spacial score (nSPS) is 10.4. The highest BCUT2D eigenvalue weighted by atomic mass is 79.9. The van der Waals surface area contributed by atoms with E-state index in [1.54, 1.807) is 18.3 Å². The highest BCUT2D eigenvalue weighted by Crippen LogP contribution is 2.29. The molecule has 1 aromatic carbocycles. The highest BCUT2D eigenvalue weighted by molar-refractivity contribution is 9.10. The number of halogens is 3. The molecule has 0 aliphatic carbocycles. The fourth-order valence-corrected chi connectivity index (χ4v) is 2.26. The molecule has 2 aromatic rings. The molecule has 0 amide bonds. The van der Waals surface area contributed by atoms with Crippen LogP contribution in [0.1, 0.15) is 5.56 Å². The number of rotatable bonds is 2. The molecule has 94 valence electrons. The van der Waals surface area contributed by atoms with Crippen LogP contribution in [0.25, 0.3) is 0 Å². The van der Waals surface area contributed by atoms with Crippen molar-refractivity contribution in [1.82, 2.24) is 4.98 Å². The third-order valence-corrected chi connectivity index (χ3v) is 3.59. The maximum atomic E-state index is 13.3. The fourth-order valence-electron chi connectivity index (χ4n) is 1.45. The van der Waals surface area contributed by atoms with Crippen molar-refractivity contribution < 1.29 is 4.39 Å². The monoisotopic (exact) mass is 373 g/mol. The number of benzene rings is 1. The molecule has 2 rings (SSSR count). The first-order valence-corrected chi connectivity index (χ1v) is 6.69. The molecule has 1 heterocycles. The number of hydrogen-bond acceptors (Lipinski definition) is 3. The lowest BCUT2D eigenvalue weighted by Crippen LogP contribution is -1.99. The van der Waals surface area contributed by atoms with Gasteiger partial charge in [-0.15, -0.1) is 0 Å². The van der Waals surface area contributed by atoms with Crippen LogP contribution in [0.5, 0.6) is 0 Å². The molecular weight excluding hydrogens is 365 g/mol. The average molecular weight is 375 g/mol. The van der Waals surface area contributed by atoms with E-state index < -0.39 is 0 Å². The van der Waals surface area contributed by atoms with Gasteiger partial charge >= 0.3 is 0 Å². The number of nitrogen functional groups attached to an aromatic ring is 1. The van der Waals surface area contributed by atoms with E-state index in [0.29, 0.717) is 16.0 Å². The van der Waals surface area contributed by atoms with Crippen molar-refractivity contribution in [2.24, 2.45) is 0 Å². The number of nitrogens with one attached hydrogen (secondary N) is 1. The third-order valence-electron chi connectivity index (χ3n) is 2.38. The Hall–Kier alpha value is -1.14. The van der Waals surface area contributed by atoms with Gasteiger partial charge in [-0.25, -0.2) is 9.37 Å². The molecular formula is C12H10Br2FN3. The predicted octanol–water partition coefficient (Wildman–Crippen LogP) is 4.38. The summed E-state index contributed by atoms with van der Waals surface area (Å²) in [5.41, 5.74) is 7.76. The van der Waals surface area contributed by atoms with E-state index in [2.05, 4.69) is 42.2 Å². The van der Waals surface area contributed by atoms with Crippen LogP contribution in [0.15, 0.2) is 33.3 Å². The summed E-state index contributed by atoms with van der Waals surface area (Å²) < 4.78 is 14.5. The zero-order valence-corrected chi connectivity index (χ0v) is 12.6. The number of pyridine rings is 1. The molecule has 0 atom stereocenters. The van der Waals surface area contributed by atoms with Crippen LogP contribution in [0, 0.1) is 12.7 Å². The van der Waals surface area contributed by atoms with Crippen molar-refractivity contribution in [3.05, 3.63) is 44.7 Å². The number of aryl methyl sites for hydroxylation is 1. The molecule has 0 bridgehead atoms. The van der Waals surface area contributed by atoms with Gasteiger partial charge in [-0.3, -0.25) is 0 Å². The van der Waals surface area contributed by atoms with Crippen molar-refractivity contribution in [1.29, 1.82) is 0 Å². The average Bonchev–Trinajstić information content (AvgIpc) is 2.29. The molecule has 3 nitrogen and oxygen atoms in total. The Morgan fingerprint density at radius 3 is 2.61 bits per heavy atom. The lowest BCUT2D eigenvalue weighted by molar-refractivity contribution is 0.620. The topological polar surface area (TPSA) is 50.9 Å². The Bertz CT molecular complexity index is 602. The first-order valence-electron chi connectivity index (χ1n) is 5.11. The van der Waals surface area contributed by atoms with E-state index in [1.807, 2.05) is 6.92 Å². The summed E-state index contributed by atoms with van der Waals surface area (Å²) in [5, 5.41) is 3.13. The van der Waals surface area contributed by atoms with Crippen LogP contribution >= 0.6 is 31.9 Å². The molecule has 0 spiro atoms. The van der Waals surface area contributed by atoms with Crippen LogP contribution in [0.4, 0.5) is 21.6 Å². The Balaban J connectivity index is 2.37. The predicted molar refractivity (Wildman–Crippen MR) is 78.5 cm³/mol. The lowest BCUT2D eigenvalue weighted by atomic mass is 10.2. The van der Waals surface area contributed by atoms with Gasteiger partial charge < -0.3 is 11.1 Å². The molecule has 6 heteroatoms. The first kappa shape index (κ1) is 13.3. The standard InChI is InChI=1S/C12H10Br2FN3/c1-6-2-10(15)8(13)4-11(6)18-12-9(14)3-7(16)5-17-12/h2-5H,16H2,1H3,(H,17,18). The molecule has 1 aromatic heterocycles. The van der Waals surface area contributed by atoms with E-state index >= 15 is 0 Å². The summed E-state index contributed by atoms with van der Waals surface area (Å²) in [5.74, 6) is 0.341. The second-order valence-electron chi connectivity index (χ2n) is 3.81. The van der Waals surface area contributed by atoms with Gasteiger partial charge in [0.05, 0.1) is 20.8 Å². The minimum Gasteiger partial charge on any atom is -0.397 e. The van der Waals surface area contributed by atoms with E-state index in [4.69, 9.17) is 5.73 Å². The van der Waals surface area contributed by atoms with Gasteiger partial charge in [0.1, 0.15) is 11.6 Å². The largest absolute Gasteiger partial charge is 0.397 e. The maximum absolute atomic E-state index is 13.3. The molecule has 0 saturated heterocycles. The third kappa shape index (κ3) is 2.81. The zero-order chi connectivity index (χ0) is 13.3. The Morgan fingerprint density at radius 2 is 1.94 bits per heavy atom. The summed E-state index contributed by atoms with van der Waals surface area (Å²) in [7, 11) is 0. The Kier molecular flexibility index (Phi) is 3.87. The summed E-state index contributed by atoms with van der Waals surface area (Å²) in [6.07, 6.45) is 1.56. The van der Waals surface area contributed by atoms with Crippen molar-refractivity contribution >= 4 is 49.1 Å². The van der Waals surface area contributed by atoms with Gasteiger partial charge in [0.2, 0.25) is 0 Å². The SMILES string of the molecule is Cc1cc(F)c(Br)cc1Nc1ncc(N)cc1Br. The Morgan fingerprint density at radius 1 is 1.22 bits per heavy atom. The van der Waals surface area contributed by atoms with Gasteiger partial charge in [0, 0.05) is 5.69 Å². The number of aromatic nitrogens is 1. The number of nitrogens with two attached hydrogens (primary N) is 1. The number of nitrogens with zero attached hydrogens (tertiary/aromatic N) is 1. The minimum atomic E-state index is -0.289. The van der Waals surface area contributed by atoms with Gasteiger partial charge in [-0.1, -0.05) is 0 Å². The van der Waals surface area contributed by atoms with Crippen LogP contribution in [-0.4, -0.2) is 4.98 Å². The van der Waals surface area contributed by atoms with Crippen LogP contribution in [-0.2, 0) is 0 Å². The summed E-state index contributed by atoms with van der Waals surface area (Å²) in [6.45, 7) is 1.82. The van der Waals surface area contributed by atoms with E-state index in [0.717, 1.165) is 15.7 Å². The van der Waals surface area contributed by atoms with Crippen LogP contribution in [0.2, 0.25) is 0 Å². The first-order chi connectivity index (χ1) is 8.47. The molecule has 0 fully saturated rings. The quantitative estimate of drug-likeness (QED) is 0.820. The molecule has 0 radical (unpaired) electrons. The molecule has 0 saturated carbocycles. The van der Waals surface area contributed by atoms with Crippen molar-refractivity contribution in [2.75, 3.05) is 11.1 Å². The summed E-state index contributed by atoms with van der Waals surface area (Å²) in [6, 6.07) is 4.88. The smallest absolute Gasteiger partial charge is 0.144 e. The Labute approximate surface area is 121 Å². The molecule has 0 aliphatic rings. The summed E-state index contributed by atoms with van der Waals surface area (Å²) >= 11 is 6.53. The van der Waals surface area contributed by atoms with Crippen LogP contribution < -0.4 is 11.1 Å². The van der Waals surface area contributed by atoms with E-state index in [-0.39, 0.29) is 5.82 Å². The second kappa shape index (κ2) is 5.24. The van der Waals surface area contributed by atoms with Crippen LogP contribution in [0.3, 0.4) is 0 Å². The van der Waals surface area contributed by atoms with Gasteiger partial charge in [0.25, 0.3) is 0 Å². The number of anilines is 3. The van der Waals surface area contributed by atoms with Crippen molar-refractivity contribution in [2.45, 2.75) is 6.92 Å². The maximum Gasteiger partial charge on any atom is 0.144 e. The highest BCUT2D eigenvalue weighted by Gasteiger charge is 2.08. The minimum absolute atomic E-state index is 0.289.